The number of sulfonamides is 1. The minimum absolute atomic E-state index is 0.140. The van der Waals surface area contributed by atoms with Gasteiger partial charge in [0.05, 0.1) is 6.20 Å². The molecule has 12 heteroatoms. The van der Waals surface area contributed by atoms with Crippen LogP contribution in [0.3, 0.4) is 0 Å². The van der Waals surface area contributed by atoms with Gasteiger partial charge in [0, 0.05) is 18.8 Å². The highest BCUT2D eigenvalue weighted by molar-refractivity contribution is 7.89. The summed E-state index contributed by atoms with van der Waals surface area (Å²) in [6.07, 6.45) is 5.65. The Balaban J connectivity index is 1.62. The molecule has 0 atom stereocenters. The number of hydrogen-bond donors (Lipinski definition) is 2. The average molecular weight is 405 g/mol. The molecule has 1 aliphatic rings. The quantitative estimate of drug-likeness (QED) is 0.626. The highest BCUT2D eigenvalue weighted by Gasteiger charge is 2.30. The summed E-state index contributed by atoms with van der Waals surface area (Å²) in [6, 6.07) is 3.22. The highest BCUT2D eigenvalue weighted by Crippen LogP contribution is 2.25. The van der Waals surface area contributed by atoms with Crippen molar-refractivity contribution in [3.8, 4) is 5.82 Å². The van der Waals surface area contributed by atoms with Crippen LogP contribution in [0.25, 0.3) is 5.82 Å². The van der Waals surface area contributed by atoms with E-state index in [-0.39, 0.29) is 17.3 Å². The molecular weight excluding hydrogens is 389 g/mol. The zero-order valence-corrected chi connectivity index (χ0v) is 15.5. The summed E-state index contributed by atoms with van der Waals surface area (Å²) >= 11 is 0. The number of anilines is 1. The van der Waals surface area contributed by atoms with Gasteiger partial charge in [-0.3, -0.25) is 14.0 Å². The summed E-state index contributed by atoms with van der Waals surface area (Å²) in [5.41, 5.74) is 0.355. The second-order valence-electron chi connectivity index (χ2n) is 6.37. The lowest BCUT2D eigenvalue weighted by molar-refractivity contribution is 0.102. The topological polar surface area (TPSA) is 124 Å². The van der Waals surface area contributed by atoms with Gasteiger partial charge in [-0.25, -0.2) is 17.5 Å². The molecule has 0 bridgehead atoms. The van der Waals surface area contributed by atoms with E-state index in [9.17, 15) is 17.6 Å². The van der Waals surface area contributed by atoms with Crippen molar-refractivity contribution in [2.75, 3.05) is 5.32 Å². The van der Waals surface area contributed by atoms with E-state index >= 15 is 0 Å². The highest BCUT2D eigenvalue weighted by atomic mass is 32.2. The van der Waals surface area contributed by atoms with E-state index in [2.05, 4.69) is 25.3 Å². The van der Waals surface area contributed by atoms with E-state index < -0.39 is 26.6 Å². The van der Waals surface area contributed by atoms with Gasteiger partial charge in [0.2, 0.25) is 10.0 Å². The zero-order chi connectivity index (χ0) is 19.9. The maximum absolute atomic E-state index is 14.1. The normalized spacial score (nSPS) is 14.2. The van der Waals surface area contributed by atoms with Crippen LogP contribution in [0.2, 0.25) is 0 Å². The third-order valence-corrected chi connectivity index (χ3v) is 5.73. The van der Waals surface area contributed by atoms with Gasteiger partial charge in [-0.1, -0.05) is 0 Å². The number of aromatic nitrogens is 5. The molecular formula is C16H16FN7O3S. The number of amides is 1. The fraction of sp³-hybridized carbons (Fsp3) is 0.250. The molecule has 1 amide bonds. The monoisotopic (exact) mass is 405 g/mol. The average Bonchev–Trinajstić information content (AvgIpc) is 3.13. The summed E-state index contributed by atoms with van der Waals surface area (Å²) in [5.74, 6) is -1.01. The number of benzene rings is 1. The molecule has 146 valence electrons. The van der Waals surface area contributed by atoms with E-state index in [1.54, 1.807) is 7.05 Å². The van der Waals surface area contributed by atoms with Gasteiger partial charge in [0.1, 0.15) is 34.7 Å². The Morgan fingerprint density at radius 1 is 1.25 bits per heavy atom. The largest absolute Gasteiger partial charge is 0.322 e. The van der Waals surface area contributed by atoms with E-state index in [1.807, 2.05) is 0 Å². The molecule has 0 spiro atoms. The first-order valence-corrected chi connectivity index (χ1v) is 9.84. The van der Waals surface area contributed by atoms with Crippen molar-refractivity contribution < 1.29 is 17.6 Å². The summed E-state index contributed by atoms with van der Waals surface area (Å²) < 4.78 is 44.2. The first kappa shape index (κ1) is 18.3. The van der Waals surface area contributed by atoms with Gasteiger partial charge in [0.15, 0.2) is 0 Å². The molecule has 0 unspecified atom stereocenters. The summed E-state index contributed by atoms with van der Waals surface area (Å²) in [6.45, 7) is 0. The lowest BCUT2D eigenvalue weighted by Crippen LogP contribution is -2.26. The minimum atomic E-state index is -4.00. The Morgan fingerprint density at radius 2 is 1.96 bits per heavy atom. The van der Waals surface area contributed by atoms with Crippen molar-refractivity contribution in [1.29, 1.82) is 0 Å². The lowest BCUT2D eigenvalue weighted by Gasteiger charge is -2.10. The Labute approximate surface area is 159 Å². The van der Waals surface area contributed by atoms with Gasteiger partial charge in [-0.05, 0) is 31.0 Å². The Hall–Kier alpha value is -3.12. The van der Waals surface area contributed by atoms with Crippen LogP contribution in [-0.4, -0.2) is 44.9 Å². The predicted octanol–water partition coefficient (Wildman–Crippen LogP) is 0.833. The molecule has 2 aromatic heterocycles. The Bertz CT molecular complexity index is 1140. The molecule has 1 fully saturated rings. The molecule has 4 rings (SSSR count). The third kappa shape index (κ3) is 3.51. The van der Waals surface area contributed by atoms with Crippen LogP contribution < -0.4 is 10.0 Å². The number of rotatable bonds is 6. The van der Waals surface area contributed by atoms with E-state index in [0.29, 0.717) is 5.82 Å². The maximum Gasteiger partial charge on any atom is 0.261 e. The van der Waals surface area contributed by atoms with Crippen molar-refractivity contribution in [2.24, 2.45) is 7.05 Å². The summed E-state index contributed by atoms with van der Waals surface area (Å²) in [7, 11) is -2.35. The van der Waals surface area contributed by atoms with Crippen LogP contribution in [-0.2, 0) is 17.1 Å². The van der Waals surface area contributed by atoms with Gasteiger partial charge in [-0.15, -0.1) is 10.2 Å². The fourth-order valence-corrected chi connectivity index (χ4v) is 4.09. The molecule has 0 saturated heterocycles. The van der Waals surface area contributed by atoms with Crippen LogP contribution in [0.5, 0.6) is 0 Å². The van der Waals surface area contributed by atoms with Crippen molar-refractivity contribution in [3.63, 3.8) is 0 Å². The van der Waals surface area contributed by atoms with Crippen molar-refractivity contribution in [1.82, 2.24) is 29.3 Å². The number of carbonyl (C=O) groups excluding carboxylic acids is 1. The number of nitrogens with one attached hydrogen (secondary N) is 2. The Kier molecular flexibility index (Phi) is 4.43. The lowest BCUT2D eigenvalue weighted by atomic mass is 10.2. The fourth-order valence-electron chi connectivity index (χ4n) is 2.68. The number of nitrogens with zero attached hydrogens (tertiary/aromatic N) is 5. The molecule has 1 aromatic carbocycles. The molecule has 2 heterocycles. The first-order chi connectivity index (χ1) is 13.3. The predicted molar refractivity (Wildman–Crippen MR) is 95.8 cm³/mol. The number of hydrogen-bond acceptors (Lipinski definition) is 6. The smallest absolute Gasteiger partial charge is 0.261 e. The van der Waals surface area contributed by atoms with Gasteiger partial charge in [-0.2, -0.15) is 5.10 Å². The molecule has 1 saturated carbocycles. The molecule has 10 nitrogen and oxygen atoms in total. The van der Waals surface area contributed by atoms with E-state index in [1.165, 1.54) is 34.2 Å². The zero-order valence-electron chi connectivity index (χ0n) is 14.7. The summed E-state index contributed by atoms with van der Waals surface area (Å²) in [5, 5.41) is 14.0. The number of aryl methyl sites for hydroxylation is 1. The van der Waals surface area contributed by atoms with Crippen LogP contribution in [0.4, 0.5) is 10.1 Å². The first-order valence-electron chi connectivity index (χ1n) is 8.35. The third-order valence-electron chi connectivity index (χ3n) is 4.19. The van der Waals surface area contributed by atoms with Crippen molar-refractivity contribution in [2.45, 2.75) is 23.8 Å². The van der Waals surface area contributed by atoms with Crippen molar-refractivity contribution >= 4 is 21.6 Å². The molecule has 0 aliphatic heterocycles. The second kappa shape index (κ2) is 6.80. The Morgan fingerprint density at radius 3 is 2.64 bits per heavy atom. The molecule has 0 radical (unpaired) electrons. The maximum atomic E-state index is 14.1. The molecule has 2 N–H and O–H groups in total. The van der Waals surface area contributed by atoms with E-state index in [4.69, 9.17) is 0 Å². The minimum Gasteiger partial charge on any atom is -0.322 e. The standard InChI is InChI=1S/C16H16FN7O3S/c1-23-16(24-8-18-19-9-24)12(7-20-23)15(25)21-11-4-5-13(17)14(6-11)28(26,27)22-10-2-3-10/h4-10,22H,2-3H2,1H3,(H,21,25). The molecule has 28 heavy (non-hydrogen) atoms. The van der Waals surface area contributed by atoms with E-state index in [0.717, 1.165) is 25.0 Å². The van der Waals surface area contributed by atoms with Crippen LogP contribution in [0, 0.1) is 5.82 Å². The van der Waals surface area contributed by atoms with Gasteiger partial charge in [0.25, 0.3) is 5.91 Å². The van der Waals surface area contributed by atoms with Crippen molar-refractivity contribution in [3.05, 3.63) is 48.4 Å². The number of carbonyl (C=O) groups is 1. The molecule has 1 aliphatic carbocycles. The summed E-state index contributed by atoms with van der Waals surface area (Å²) in [4.78, 5) is 12.2. The van der Waals surface area contributed by atoms with Crippen LogP contribution in [0.15, 0.2) is 41.9 Å². The van der Waals surface area contributed by atoms with Crippen LogP contribution >= 0.6 is 0 Å². The SMILES string of the molecule is Cn1ncc(C(=O)Nc2ccc(F)c(S(=O)(=O)NC3CC3)c2)c1-n1cnnc1. The van der Waals surface area contributed by atoms with Gasteiger partial charge < -0.3 is 5.32 Å². The number of halogens is 1. The van der Waals surface area contributed by atoms with Gasteiger partial charge >= 0.3 is 0 Å². The second-order valence-corrected chi connectivity index (χ2v) is 8.05. The molecule has 3 aromatic rings. The van der Waals surface area contributed by atoms with Crippen LogP contribution in [0.1, 0.15) is 23.2 Å².